The molecule has 0 radical (unpaired) electrons. The molecule has 0 bridgehead atoms. The number of rotatable bonds is 16. The standard InChI is InChI=1S/C24H38N6O12/c25-21(23(33)27-13-11-15-5-1-3-7-17(15)41-29(35)36)39-19(31)9-10-20(32)40-22(26)24(34)28-14-12-16-6-2-4-8-18(16)42-30(37)38/h9-10,15-18,21-22H,1-8,11-14,25-26H2,(H,27,33)(H,28,34)/b10-9+. The van der Waals surface area contributed by atoms with E-state index in [-0.39, 0.29) is 24.9 Å². The van der Waals surface area contributed by atoms with Crippen molar-refractivity contribution in [3.05, 3.63) is 32.4 Å². The molecule has 2 amide bonds. The van der Waals surface area contributed by atoms with E-state index in [1.54, 1.807) is 0 Å². The molecule has 0 aromatic heterocycles. The first kappa shape index (κ1) is 34.1. The molecule has 0 saturated heterocycles. The fraction of sp³-hybridized carbons (Fsp3) is 0.750. The van der Waals surface area contributed by atoms with E-state index in [1.165, 1.54) is 0 Å². The molecule has 0 aromatic rings. The van der Waals surface area contributed by atoms with Gasteiger partial charge in [0.2, 0.25) is 12.5 Å². The first-order valence-electron chi connectivity index (χ1n) is 13.7. The van der Waals surface area contributed by atoms with Crippen LogP contribution >= 0.6 is 0 Å². The highest BCUT2D eigenvalue weighted by atomic mass is 17.0. The van der Waals surface area contributed by atoms with Crippen molar-refractivity contribution < 1.29 is 48.5 Å². The SMILES string of the molecule is NC(OC(=O)/C=C/C(=O)OC(N)C(=O)NCCC1CCCCC1O[N+](=O)[O-])C(=O)NCCC1CCCCC1O[N+](=O)[O-]. The molecule has 18 heteroatoms. The summed E-state index contributed by atoms with van der Waals surface area (Å²) in [6.07, 6.45) is 3.54. The van der Waals surface area contributed by atoms with Gasteiger partial charge in [-0.25, -0.2) is 9.59 Å². The highest BCUT2D eigenvalue weighted by Crippen LogP contribution is 2.30. The van der Waals surface area contributed by atoms with Gasteiger partial charge in [0, 0.05) is 25.2 Å². The third-order valence-electron chi connectivity index (χ3n) is 7.11. The Kier molecular flexibility index (Phi) is 14.4. The zero-order valence-corrected chi connectivity index (χ0v) is 23.1. The Balaban J connectivity index is 1.66. The number of nitrogens with two attached hydrogens (primary N) is 2. The topological polar surface area (TPSA) is 268 Å². The van der Waals surface area contributed by atoms with E-state index in [4.69, 9.17) is 30.6 Å². The van der Waals surface area contributed by atoms with Crippen LogP contribution in [0.4, 0.5) is 0 Å². The number of amides is 2. The number of esters is 2. The number of carbonyl (C=O) groups excluding carboxylic acids is 4. The largest absolute Gasteiger partial charge is 0.434 e. The highest BCUT2D eigenvalue weighted by molar-refractivity contribution is 5.94. The van der Waals surface area contributed by atoms with Gasteiger partial charge in [-0.15, -0.1) is 20.2 Å². The lowest BCUT2D eigenvalue weighted by atomic mass is 9.84. The van der Waals surface area contributed by atoms with E-state index >= 15 is 0 Å². The molecule has 18 nitrogen and oxygen atoms in total. The molecule has 2 rings (SSSR count). The predicted molar refractivity (Wildman–Crippen MR) is 140 cm³/mol. The van der Waals surface area contributed by atoms with Crippen molar-refractivity contribution in [3.8, 4) is 0 Å². The summed E-state index contributed by atoms with van der Waals surface area (Å²) in [6.45, 7) is 0.255. The van der Waals surface area contributed by atoms with Crippen molar-refractivity contribution in [2.24, 2.45) is 23.3 Å². The summed E-state index contributed by atoms with van der Waals surface area (Å²) in [5, 5.41) is 24.6. The Morgan fingerprint density at radius 3 is 1.43 bits per heavy atom. The van der Waals surface area contributed by atoms with Gasteiger partial charge in [-0.1, -0.05) is 25.7 Å². The predicted octanol–water partition coefficient (Wildman–Crippen LogP) is -0.255. The van der Waals surface area contributed by atoms with Crippen molar-refractivity contribution in [2.75, 3.05) is 13.1 Å². The van der Waals surface area contributed by atoms with E-state index in [9.17, 15) is 39.4 Å². The van der Waals surface area contributed by atoms with Crippen molar-refractivity contribution in [1.82, 2.24) is 10.6 Å². The maximum Gasteiger partial charge on any atom is 0.333 e. The van der Waals surface area contributed by atoms with Crippen LogP contribution in [-0.2, 0) is 38.3 Å². The molecule has 2 saturated carbocycles. The van der Waals surface area contributed by atoms with Gasteiger partial charge >= 0.3 is 11.9 Å². The Hall–Kier alpha value is -4.06. The molecule has 0 spiro atoms. The first-order chi connectivity index (χ1) is 20.0. The van der Waals surface area contributed by atoms with Crippen LogP contribution in [0.3, 0.4) is 0 Å². The van der Waals surface area contributed by atoms with Gasteiger partial charge in [0.25, 0.3) is 22.0 Å². The molecule has 236 valence electrons. The third-order valence-corrected chi connectivity index (χ3v) is 7.11. The number of hydrogen-bond donors (Lipinski definition) is 4. The van der Waals surface area contributed by atoms with Crippen LogP contribution in [-0.4, -0.2) is 71.7 Å². The quantitative estimate of drug-likeness (QED) is 0.0583. The van der Waals surface area contributed by atoms with Crippen molar-refractivity contribution in [3.63, 3.8) is 0 Å². The fourth-order valence-electron chi connectivity index (χ4n) is 5.04. The van der Waals surface area contributed by atoms with E-state index in [0.717, 1.165) is 25.7 Å². The van der Waals surface area contributed by atoms with Crippen LogP contribution in [0, 0.1) is 32.1 Å². The molecule has 0 aromatic carbocycles. The molecular formula is C24H38N6O12. The van der Waals surface area contributed by atoms with Gasteiger partial charge in [0.15, 0.2) is 0 Å². The summed E-state index contributed by atoms with van der Waals surface area (Å²) < 4.78 is 9.46. The van der Waals surface area contributed by atoms with Crippen LogP contribution in [0.2, 0.25) is 0 Å². The second-order valence-electron chi connectivity index (χ2n) is 10.0. The Labute approximate surface area is 241 Å². The first-order valence-corrected chi connectivity index (χ1v) is 13.7. The van der Waals surface area contributed by atoms with Crippen LogP contribution in [0.5, 0.6) is 0 Å². The third kappa shape index (κ3) is 12.6. The number of hydrogen-bond acceptors (Lipinski definition) is 14. The van der Waals surface area contributed by atoms with Gasteiger partial charge in [0.1, 0.15) is 12.2 Å². The van der Waals surface area contributed by atoms with Crippen LogP contribution < -0.4 is 22.1 Å². The number of nitrogens with zero attached hydrogens (tertiary/aromatic N) is 2. The molecule has 0 aliphatic heterocycles. The molecular weight excluding hydrogens is 564 g/mol. The maximum absolute atomic E-state index is 12.1. The normalized spacial score (nSPS) is 23.6. The maximum atomic E-state index is 12.1. The molecule has 0 heterocycles. The van der Waals surface area contributed by atoms with Gasteiger partial charge in [0.05, 0.1) is 0 Å². The minimum atomic E-state index is -1.69. The summed E-state index contributed by atoms with van der Waals surface area (Å²) in [5.41, 5.74) is 11.1. The summed E-state index contributed by atoms with van der Waals surface area (Å²) in [7, 11) is 0. The van der Waals surface area contributed by atoms with Crippen molar-refractivity contribution >= 4 is 23.8 Å². The summed E-state index contributed by atoms with van der Waals surface area (Å²) >= 11 is 0. The summed E-state index contributed by atoms with van der Waals surface area (Å²) in [6, 6.07) is 0. The van der Waals surface area contributed by atoms with Crippen LogP contribution in [0.15, 0.2) is 12.2 Å². The van der Waals surface area contributed by atoms with Crippen LogP contribution in [0.1, 0.15) is 64.2 Å². The molecule has 2 fully saturated rings. The zero-order chi connectivity index (χ0) is 31.1. The summed E-state index contributed by atoms with van der Waals surface area (Å²) in [5.74, 6) is -4.15. The van der Waals surface area contributed by atoms with Gasteiger partial charge in [-0.3, -0.25) is 21.1 Å². The van der Waals surface area contributed by atoms with Gasteiger partial charge in [-0.2, -0.15) is 0 Å². The second kappa shape index (κ2) is 17.7. The lowest BCUT2D eigenvalue weighted by molar-refractivity contribution is -0.771. The summed E-state index contributed by atoms with van der Waals surface area (Å²) in [4.78, 5) is 78.8. The average molecular weight is 603 g/mol. The van der Waals surface area contributed by atoms with Crippen molar-refractivity contribution in [2.45, 2.75) is 88.9 Å². The molecule has 6 N–H and O–H groups in total. The van der Waals surface area contributed by atoms with Gasteiger partial charge < -0.3 is 29.8 Å². The minimum absolute atomic E-state index is 0.120. The monoisotopic (exact) mass is 602 g/mol. The highest BCUT2D eigenvalue weighted by Gasteiger charge is 2.29. The minimum Gasteiger partial charge on any atom is -0.434 e. The lowest BCUT2D eigenvalue weighted by Gasteiger charge is -2.29. The number of carbonyl (C=O) groups is 4. The Bertz CT molecular complexity index is 919. The van der Waals surface area contributed by atoms with E-state index in [1.807, 2.05) is 0 Å². The lowest BCUT2D eigenvalue weighted by Crippen LogP contribution is -2.44. The van der Waals surface area contributed by atoms with Gasteiger partial charge in [-0.05, 0) is 50.4 Å². The molecule has 2 aliphatic rings. The number of nitrogens with one attached hydrogen (secondary N) is 2. The Morgan fingerprint density at radius 2 is 1.07 bits per heavy atom. The van der Waals surface area contributed by atoms with Crippen molar-refractivity contribution in [1.29, 1.82) is 0 Å². The smallest absolute Gasteiger partial charge is 0.333 e. The molecule has 2 aliphatic carbocycles. The molecule has 6 atom stereocenters. The van der Waals surface area contributed by atoms with Crippen LogP contribution in [0.25, 0.3) is 0 Å². The second-order valence-corrected chi connectivity index (χ2v) is 10.0. The Morgan fingerprint density at radius 1 is 0.714 bits per heavy atom. The van der Waals surface area contributed by atoms with E-state index < -0.39 is 58.6 Å². The number of ether oxygens (including phenoxy) is 2. The molecule has 42 heavy (non-hydrogen) atoms. The van der Waals surface area contributed by atoms with E-state index in [2.05, 4.69) is 10.6 Å². The molecule has 6 unspecified atom stereocenters. The zero-order valence-electron chi connectivity index (χ0n) is 23.1. The average Bonchev–Trinajstić information content (AvgIpc) is 2.93. The van der Waals surface area contributed by atoms with E-state index in [0.29, 0.717) is 50.7 Å². The fourth-order valence-corrected chi connectivity index (χ4v) is 5.04.